The van der Waals surface area contributed by atoms with Crippen LogP contribution in [0.4, 0.5) is 5.69 Å². The molecule has 1 heterocycles. The van der Waals surface area contributed by atoms with Crippen molar-refractivity contribution in [3.05, 3.63) is 82.2 Å². The van der Waals surface area contributed by atoms with Crippen molar-refractivity contribution < 1.29 is 14.5 Å². The highest BCUT2D eigenvalue weighted by Gasteiger charge is 2.17. The smallest absolute Gasteiger partial charge is 0.270 e. The number of nitrogens with one attached hydrogen (secondary N) is 1. The Kier molecular flexibility index (Phi) is 5.46. The summed E-state index contributed by atoms with van der Waals surface area (Å²) in [4.78, 5) is 22.7. The maximum atomic E-state index is 12.4. The van der Waals surface area contributed by atoms with Crippen LogP contribution in [-0.4, -0.2) is 34.3 Å². The Morgan fingerprint density at radius 3 is 2.67 bits per heavy atom. The summed E-state index contributed by atoms with van der Waals surface area (Å²) in [5.74, 6) is -0.120. The molecule has 0 aliphatic rings. The molecule has 138 valence electrons. The van der Waals surface area contributed by atoms with Crippen LogP contribution >= 0.6 is 0 Å². The van der Waals surface area contributed by atoms with Crippen LogP contribution in [0.25, 0.3) is 5.69 Å². The van der Waals surface area contributed by atoms with Crippen LogP contribution in [0, 0.1) is 10.1 Å². The molecule has 1 aromatic heterocycles. The molecule has 0 aliphatic heterocycles. The number of aromatic nitrogens is 2. The normalized spacial score (nSPS) is 10.4. The molecule has 0 fully saturated rings. The van der Waals surface area contributed by atoms with E-state index in [1.165, 1.54) is 25.3 Å². The number of nitro benzene ring substituents is 1. The number of ether oxygens (including phenoxy) is 1. The van der Waals surface area contributed by atoms with E-state index in [1.807, 2.05) is 36.5 Å². The van der Waals surface area contributed by atoms with E-state index < -0.39 is 10.8 Å². The Bertz CT molecular complexity index is 937. The van der Waals surface area contributed by atoms with Crippen molar-refractivity contribution in [2.75, 3.05) is 13.7 Å². The highest BCUT2D eigenvalue weighted by Crippen LogP contribution is 2.23. The molecule has 0 atom stereocenters. The van der Waals surface area contributed by atoms with Gasteiger partial charge in [0.25, 0.3) is 11.6 Å². The van der Waals surface area contributed by atoms with Crippen molar-refractivity contribution in [1.82, 2.24) is 15.1 Å². The summed E-state index contributed by atoms with van der Waals surface area (Å²) >= 11 is 0. The van der Waals surface area contributed by atoms with Crippen molar-refractivity contribution in [2.24, 2.45) is 0 Å². The molecule has 0 spiro atoms. The van der Waals surface area contributed by atoms with Gasteiger partial charge in [-0.15, -0.1) is 0 Å². The molecule has 0 bridgehead atoms. The zero-order valence-electron chi connectivity index (χ0n) is 14.7. The molecule has 3 rings (SSSR count). The number of non-ortho nitro benzene ring substituents is 1. The fourth-order valence-corrected chi connectivity index (χ4v) is 2.64. The monoisotopic (exact) mass is 366 g/mol. The number of methoxy groups -OCH3 is 1. The molecule has 1 amide bonds. The van der Waals surface area contributed by atoms with Crippen LogP contribution in [0.2, 0.25) is 0 Å². The van der Waals surface area contributed by atoms with Crippen molar-refractivity contribution in [1.29, 1.82) is 0 Å². The second-order valence-corrected chi connectivity index (χ2v) is 5.76. The summed E-state index contributed by atoms with van der Waals surface area (Å²) in [7, 11) is 1.42. The summed E-state index contributed by atoms with van der Waals surface area (Å²) < 4.78 is 6.89. The van der Waals surface area contributed by atoms with Gasteiger partial charge in [0.15, 0.2) is 0 Å². The molecule has 0 aliphatic carbocycles. The number of amides is 1. The molecule has 0 saturated carbocycles. The van der Waals surface area contributed by atoms with E-state index in [9.17, 15) is 14.9 Å². The fourth-order valence-electron chi connectivity index (χ4n) is 2.64. The van der Waals surface area contributed by atoms with Crippen LogP contribution < -0.4 is 10.1 Å². The Morgan fingerprint density at radius 2 is 2.04 bits per heavy atom. The van der Waals surface area contributed by atoms with Gasteiger partial charge in [0.1, 0.15) is 5.75 Å². The van der Waals surface area contributed by atoms with E-state index in [0.717, 1.165) is 11.3 Å². The lowest BCUT2D eigenvalue weighted by molar-refractivity contribution is -0.384. The molecule has 1 N–H and O–H groups in total. The number of nitrogens with zero attached hydrogens (tertiary/aromatic N) is 3. The third-order valence-electron chi connectivity index (χ3n) is 4.04. The van der Waals surface area contributed by atoms with Gasteiger partial charge in [0, 0.05) is 31.1 Å². The molecule has 0 saturated heterocycles. The molecule has 0 radical (unpaired) electrons. The fraction of sp³-hybridized carbons (Fsp3) is 0.158. The molecular formula is C19H18N4O4. The number of benzene rings is 2. The molecular weight excluding hydrogens is 348 g/mol. The Hall–Kier alpha value is -3.68. The lowest BCUT2D eigenvalue weighted by Crippen LogP contribution is -2.26. The Labute approximate surface area is 155 Å². The lowest BCUT2D eigenvalue weighted by atomic mass is 10.1. The first-order valence-corrected chi connectivity index (χ1v) is 8.28. The lowest BCUT2D eigenvalue weighted by Gasteiger charge is -2.09. The van der Waals surface area contributed by atoms with Gasteiger partial charge in [-0.05, 0) is 36.2 Å². The second kappa shape index (κ2) is 8.13. The topological polar surface area (TPSA) is 99.3 Å². The van der Waals surface area contributed by atoms with Crippen LogP contribution in [0.1, 0.15) is 15.9 Å². The van der Waals surface area contributed by atoms with Gasteiger partial charge in [-0.3, -0.25) is 14.9 Å². The number of carbonyl (C=O) groups excluding carboxylic acids is 1. The minimum Gasteiger partial charge on any atom is -0.496 e. The zero-order valence-corrected chi connectivity index (χ0v) is 14.7. The SMILES string of the molecule is COc1ccc([N+](=O)[O-])cc1C(=O)NCCc1ccc(-n2cccn2)cc1. The number of hydrogen-bond donors (Lipinski definition) is 1. The van der Waals surface area contributed by atoms with Crippen molar-refractivity contribution in [3.63, 3.8) is 0 Å². The van der Waals surface area contributed by atoms with Crippen LogP contribution in [0.5, 0.6) is 5.75 Å². The number of nitro groups is 1. The number of carbonyl (C=O) groups is 1. The highest BCUT2D eigenvalue weighted by atomic mass is 16.6. The first kappa shape index (κ1) is 18.1. The van der Waals surface area contributed by atoms with Crippen molar-refractivity contribution >= 4 is 11.6 Å². The van der Waals surface area contributed by atoms with Gasteiger partial charge >= 0.3 is 0 Å². The first-order valence-electron chi connectivity index (χ1n) is 8.28. The minimum atomic E-state index is -0.544. The summed E-state index contributed by atoms with van der Waals surface area (Å²) in [5.41, 5.74) is 1.99. The molecule has 0 unspecified atom stereocenters. The van der Waals surface area contributed by atoms with Crippen LogP contribution in [-0.2, 0) is 6.42 Å². The van der Waals surface area contributed by atoms with Gasteiger partial charge in [0.2, 0.25) is 0 Å². The third kappa shape index (κ3) is 4.30. The summed E-state index contributed by atoms with van der Waals surface area (Å²) in [6, 6.07) is 13.6. The maximum Gasteiger partial charge on any atom is 0.270 e. The van der Waals surface area contributed by atoms with E-state index in [4.69, 9.17) is 4.74 Å². The molecule has 3 aromatic rings. The van der Waals surface area contributed by atoms with Gasteiger partial charge in [-0.2, -0.15) is 5.10 Å². The highest BCUT2D eigenvalue weighted by molar-refractivity contribution is 5.97. The average molecular weight is 366 g/mol. The van der Waals surface area contributed by atoms with E-state index >= 15 is 0 Å². The van der Waals surface area contributed by atoms with Crippen LogP contribution in [0.3, 0.4) is 0 Å². The third-order valence-corrected chi connectivity index (χ3v) is 4.04. The van der Waals surface area contributed by atoms with Gasteiger partial charge in [-0.25, -0.2) is 4.68 Å². The Morgan fingerprint density at radius 1 is 1.26 bits per heavy atom. The number of rotatable bonds is 7. The summed E-state index contributed by atoms with van der Waals surface area (Å²) in [6.07, 6.45) is 4.20. The van der Waals surface area contributed by atoms with Crippen LogP contribution in [0.15, 0.2) is 60.9 Å². The first-order chi connectivity index (χ1) is 13.1. The summed E-state index contributed by atoms with van der Waals surface area (Å²) in [5, 5.41) is 17.9. The Balaban J connectivity index is 1.61. The number of hydrogen-bond acceptors (Lipinski definition) is 5. The average Bonchev–Trinajstić information content (AvgIpc) is 3.22. The zero-order chi connectivity index (χ0) is 19.2. The predicted octanol–water partition coefficient (Wildman–Crippen LogP) is 2.76. The quantitative estimate of drug-likeness (QED) is 0.512. The van der Waals surface area contributed by atoms with Gasteiger partial charge in [-0.1, -0.05) is 12.1 Å². The van der Waals surface area contributed by atoms with E-state index in [0.29, 0.717) is 18.7 Å². The van der Waals surface area contributed by atoms with E-state index in [1.54, 1.807) is 10.9 Å². The largest absolute Gasteiger partial charge is 0.496 e. The van der Waals surface area contributed by atoms with E-state index in [2.05, 4.69) is 10.4 Å². The molecule has 8 heteroatoms. The van der Waals surface area contributed by atoms with Gasteiger partial charge in [0.05, 0.1) is 23.3 Å². The van der Waals surface area contributed by atoms with E-state index in [-0.39, 0.29) is 11.3 Å². The summed E-state index contributed by atoms with van der Waals surface area (Å²) in [6.45, 7) is 0.395. The molecule has 27 heavy (non-hydrogen) atoms. The van der Waals surface area contributed by atoms with Crippen molar-refractivity contribution in [3.8, 4) is 11.4 Å². The minimum absolute atomic E-state index is 0.140. The second-order valence-electron chi connectivity index (χ2n) is 5.76. The van der Waals surface area contributed by atoms with Crippen molar-refractivity contribution in [2.45, 2.75) is 6.42 Å². The molecule has 2 aromatic carbocycles. The molecule has 8 nitrogen and oxygen atoms in total. The maximum absolute atomic E-state index is 12.4. The standard InChI is InChI=1S/C19H18N4O4/c1-27-18-8-7-16(23(25)26)13-17(18)19(24)20-11-9-14-3-5-15(6-4-14)22-12-2-10-21-22/h2-8,10,12-13H,9,11H2,1H3,(H,20,24). The van der Waals surface area contributed by atoms with Gasteiger partial charge < -0.3 is 10.1 Å². The predicted molar refractivity (Wildman–Crippen MR) is 99.2 cm³/mol.